The van der Waals surface area contributed by atoms with Crippen molar-refractivity contribution < 1.29 is 12.3 Å². The first-order chi connectivity index (χ1) is 8.75. The molecule has 1 aromatic rings. The highest BCUT2D eigenvalue weighted by atomic mass is 79.9. The van der Waals surface area contributed by atoms with Gasteiger partial charge in [0.1, 0.15) is 0 Å². The van der Waals surface area contributed by atoms with Crippen LogP contribution in [0.15, 0.2) is 22.8 Å². The molecule has 0 N–H and O–H groups in total. The Balaban J connectivity index is 3.58. The molecule has 0 saturated heterocycles. The average molecular weight is 223 g/mol. The highest BCUT2D eigenvalue weighted by Crippen LogP contribution is 2.17. The highest BCUT2D eigenvalue weighted by Gasteiger charge is 2.02. The van der Waals surface area contributed by atoms with Crippen LogP contribution in [0.5, 0.6) is 0 Å². The first-order valence-electron chi connectivity index (χ1n) is 7.37. The molecule has 1 unspecified atom stereocenters. The SMILES string of the molecule is [2H]C([2H])([2H])C([2H])([2H])C([2H])(c1ccc(Br)cn1)C([2H])([2H])[2H]. The zero-order chi connectivity index (χ0) is 16.0. The lowest BCUT2D eigenvalue weighted by atomic mass is 10.1. The summed E-state index contributed by atoms with van der Waals surface area (Å²) in [5.74, 6) is -3.01. The number of pyridine rings is 1. The molecule has 0 aliphatic heterocycles. The molecule has 1 nitrogen and oxygen atoms in total. The van der Waals surface area contributed by atoms with Crippen LogP contribution in [0.3, 0.4) is 0 Å². The lowest BCUT2D eigenvalue weighted by Gasteiger charge is -2.06. The van der Waals surface area contributed by atoms with Crippen molar-refractivity contribution in [2.75, 3.05) is 0 Å². The number of rotatable bonds is 2. The van der Waals surface area contributed by atoms with Crippen LogP contribution < -0.4 is 0 Å². The van der Waals surface area contributed by atoms with Crippen LogP contribution in [0.4, 0.5) is 0 Å². The Hall–Kier alpha value is -0.370. The van der Waals surface area contributed by atoms with Gasteiger partial charge in [0, 0.05) is 28.7 Å². The summed E-state index contributed by atoms with van der Waals surface area (Å²) in [7, 11) is 0. The van der Waals surface area contributed by atoms with E-state index >= 15 is 0 Å². The topological polar surface area (TPSA) is 12.9 Å². The number of nitrogens with zero attached hydrogens (tertiary/aromatic N) is 1. The number of aromatic nitrogens is 1. The predicted molar refractivity (Wildman–Crippen MR) is 50.6 cm³/mol. The van der Waals surface area contributed by atoms with Crippen molar-refractivity contribution in [1.82, 2.24) is 4.98 Å². The third kappa shape index (κ3) is 2.29. The highest BCUT2D eigenvalue weighted by molar-refractivity contribution is 9.10. The Morgan fingerprint density at radius 2 is 2.82 bits per heavy atom. The fourth-order valence-corrected chi connectivity index (χ4v) is 0.822. The minimum Gasteiger partial charge on any atom is -0.260 e. The molecular formula is C9H12BrN. The molecule has 0 aliphatic carbocycles. The molecule has 1 heterocycles. The predicted octanol–water partition coefficient (Wildman–Crippen LogP) is 3.36. The Labute approximate surface area is 88.6 Å². The summed E-state index contributed by atoms with van der Waals surface area (Å²) in [5, 5.41) is 0. The van der Waals surface area contributed by atoms with Gasteiger partial charge in [-0.25, -0.2) is 0 Å². The van der Waals surface area contributed by atoms with Crippen LogP contribution in [0, 0.1) is 0 Å². The number of hydrogen-bond acceptors (Lipinski definition) is 1. The van der Waals surface area contributed by atoms with Crippen molar-refractivity contribution in [2.45, 2.75) is 26.0 Å². The van der Waals surface area contributed by atoms with E-state index in [0.29, 0.717) is 4.47 Å². The van der Waals surface area contributed by atoms with E-state index in [1.165, 1.54) is 12.3 Å². The van der Waals surface area contributed by atoms with E-state index in [9.17, 15) is 0 Å². The molecule has 0 spiro atoms. The third-order valence-electron chi connectivity index (χ3n) is 1.11. The Morgan fingerprint density at radius 3 is 3.36 bits per heavy atom. The van der Waals surface area contributed by atoms with Crippen molar-refractivity contribution >= 4 is 15.9 Å². The van der Waals surface area contributed by atoms with Crippen molar-refractivity contribution in [1.29, 1.82) is 0 Å². The van der Waals surface area contributed by atoms with Crippen LogP contribution in [0.2, 0.25) is 0 Å². The van der Waals surface area contributed by atoms with E-state index < -0.39 is 31.7 Å². The van der Waals surface area contributed by atoms with Gasteiger partial charge in [-0.2, -0.15) is 0 Å². The summed E-state index contributed by atoms with van der Waals surface area (Å²) in [4.78, 5) is 3.71. The second-order valence-corrected chi connectivity index (χ2v) is 2.78. The van der Waals surface area contributed by atoms with Gasteiger partial charge < -0.3 is 0 Å². The zero-order valence-electron chi connectivity index (χ0n) is 14.6. The molecule has 0 amide bonds. The summed E-state index contributed by atoms with van der Waals surface area (Å²) in [6.07, 6.45) is -2.11. The fraction of sp³-hybridized carbons (Fsp3) is 0.444. The molecule has 0 bridgehead atoms. The second kappa shape index (κ2) is 3.86. The van der Waals surface area contributed by atoms with Crippen LogP contribution >= 0.6 is 15.9 Å². The fourth-order valence-electron chi connectivity index (χ4n) is 0.588. The van der Waals surface area contributed by atoms with Crippen LogP contribution in [0.1, 0.15) is 44.0 Å². The largest absolute Gasteiger partial charge is 0.260 e. The van der Waals surface area contributed by atoms with Gasteiger partial charge in [0.2, 0.25) is 0 Å². The second-order valence-electron chi connectivity index (χ2n) is 1.86. The smallest absolute Gasteiger partial charge is 0.0432 e. The van der Waals surface area contributed by atoms with E-state index in [2.05, 4.69) is 20.9 Å². The normalized spacial score (nSPS) is 31.5. The maximum Gasteiger partial charge on any atom is 0.0432 e. The van der Waals surface area contributed by atoms with Crippen molar-refractivity contribution in [3.8, 4) is 0 Å². The molecule has 2 heteroatoms. The molecule has 0 aliphatic rings. The van der Waals surface area contributed by atoms with Gasteiger partial charge >= 0.3 is 0 Å². The maximum atomic E-state index is 8.07. The van der Waals surface area contributed by atoms with Crippen LogP contribution in [0.25, 0.3) is 0 Å². The minimum absolute atomic E-state index is 0.457. The molecule has 11 heavy (non-hydrogen) atoms. The molecule has 1 aromatic heterocycles. The van der Waals surface area contributed by atoms with E-state index in [4.69, 9.17) is 12.3 Å². The number of halogens is 1. The summed E-state index contributed by atoms with van der Waals surface area (Å²) in [5.41, 5.74) is -0.457. The summed E-state index contributed by atoms with van der Waals surface area (Å²) >= 11 is 3.08. The molecule has 0 radical (unpaired) electrons. The molecule has 0 fully saturated rings. The lowest BCUT2D eigenvalue weighted by Crippen LogP contribution is -1.93. The molecule has 0 saturated carbocycles. The molecular weight excluding hydrogens is 202 g/mol. The maximum absolute atomic E-state index is 8.07. The van der Waals surface area contributed by atoms with E-state index in [0.717, 1.165) is 6.07 Å². The van der Waals surface area contributed by atoms with Crippen molar-refractivity contribution in [3.63, 3.8) is 0 Å². The number of hydrogen-bond donors (Lipinski definition) is 0. The summed E-state index contributed by atoms with van der Waals surface area (Å²) < 4.78 is 67.8. The van der Waals surface area contributed by atoms with Gasteiger partial charge in [-0.3, -0.25) is 4.98 Å². The van der Waals surface area contributed by atoms with E-state index in [-0.39, 0.29) is 0 Å². The van der Waals surface area contributed by atoms with Crippen molar-refractivity contribution in [2.24, 2.45) is 0 Å². The quantitative estimate of drug-likeness (QED) is 0.749. The van der Waals surface area contributed by atoms with Crippen LogP contribution in [-0.2, 0) is 0 Å². The zero-order valence-corrected chi connectivity index (χ0v) is 7.14. The van der Waals surface area contributed by atoms with Gasteiger partial charge in [0.25, 0.3) is 0 Å². The Morgan fingerprint density at radius 1 is 1.91 bits per heavy atom. The average Bonchev–Trinajstić information content (AvgIpc) is 2.25. The third-order valence-corrected chi connectivity index (χ3v) is 1.58. The standard InChI is InChI=1S/C9H12BrN/c1-3-7(2)9-5-4-8(10)6-11-9/h4-7H,3H2,1-2H3/i1D3,2D3,3D2,7D. The summed E-state index contributed by atoms with van der Waals surface area (Å²) in [6, 6.07) is 2.51. The van der Waals surface area contributed by atoms with Gasteiger partial charge in [-0.1, -0.05) is 13.7 Å². The molecule has 60 valence electrons. The Bertz CT molecular complexity index is 478. The molecule has 1 rings (SSSR count). The summed E-state index contributed by atoms with van der Waals surface area (Å²) in [6.45, 7) is -6.48. The van der Waals surface area contributed by atoms with Crippen molar-refractivity contribution in [3.05, 3.63) is 28.5 Å². The van der Waals surface area contributed by atoms with Crippen LogP contribution in [-0.4, -0.2) is 4.98 Å². The van der Waals surface area contributed by atoms with E-state index in [1.54, 1.807) is 0 Å². The van der Waals surface area contributed by atoms with E-state index in [1.807, 2.05) is 0 Å². The first kappa shape index (κ1) is 2.56. The molecule has 0 aromatic carbocycles. The minimum atomic E-state index is -3.30. The first-order valence-corrected chi connectivity index (χ1v) is 3.66. The van der Waals surface area contributed by atoms with Gasteiger partial charge in [0.15, 0.2) is 0 Å². The monoisotopic (exact) mass is 222 g/mol. The van der Waals surface area contributed by atoms with Gasteiger partial charge in [-0.05, 0) is 40.3 Å². The molecule has 1 atom stereocenters. The van der Waals surface area contributed by atoms with Gasteiger partial charge in [0.05, 0.1) is 0 Å². The Kier molecular flexibility index (Phi) is 0.898. The lowest BCUT2D eigenvalue weighted by molar-refractivity contribution is 0.707. The van der Waals surface area contributed by atoms with Gasteiger partial charge in [-0.15, -0.1) is 0 Å².